The predicted octanol–water partition coefficient (Wildman–Crippen LogP) is 4.74. The van der Waals surface area contributed by atoms with Gasteiger partial charge in [-0.3, -0.25) is 4.79 Å². The first kappa shape index (κ1) is 20.8. The van der Waals surface area contributed by atoms with Crippen LogP contribution in [0, 0.1) is 0 Å². The largest absolute Gasteiger partial charge is 0.337 e. The van der Waals surface area contributed by atoms with Gasteiger partial charge in [0.1, 0.15) is 0 Å². The van der Waals surface area contributed by atoms with E-state index in [0.717, 1.165) is 23.1 Å². The van der Waals surface area contributed by atoms with Gasteiger partial charge in [-0.05, 0) is 53.7 Å². The summed E-state index contributed by atoms with van der Waals surface area (Å²) in [6, 6.07) is 7.90. The molecule has 26 heavy (non-hydrogen) atoms. The zero-order valence-electron chi connectivity index (χ0n) is 16.2. The van der Waals surface area contributed by atoms with Crippen LogP contribution in [0.15, 0.2) is 29.4 Å². The summed E-state index contributed by atoms with van der Waals surface area (Å²) in [5, 5.41) is 9.83. The van der Waals surface area contributed by atoms with Crippen LogP contribution >= 0.6 is 23.4 Å². The van der Waals surface area contributed by atoms with E-state index in [2.05, 4.69) is 10.2 Å². The molecule has 1 atom stereocenters. The Morgan fingerprint density at radius 2 is 1.85 bits per heavy atom. The van der Waals surface area contributed by atoms with Crippen LogP contribution in [0.25, 0.3) is 11.4 Å². The number of rotatable bonds is 7. The first-order chi connectivity index (χ1) is 12.3. The Kier molecular flexibility index (Phi) is 7.12. The van der Waals surface area contributed by atoms with Crippen molar-refractivity contribution in [3.63, 3.8) is 0 Å². The topological polar surface area (TPSA) is 51.0 Å². The summed E-state index contributed by atoms with van der Waals surface area (Å²) in [6.45, 7) is 12.9. The summed E-state index contributed by atoms with van der Waals surface area (Å²) in [5.74, 6) is 0.886. The molecule has 1 aromatic heterocycles. The lowest BCUT2D eigenvalue weighted by molar-refractivity contribution is -0.133. The molecule has 1 heterocycles. The highest BCUT2D eigenvalue weighted by Crippen LogP contribution is 2.29. The maximum Gasteiger partial charge on any atom is 0.236 e. The molecule has 7 heteroatoms. The first-order valence-corrected chi connectivity index (χ1v) is 10.2. The number of amides is 1. The van der Waals surface area contributed by atoms with Gasteiger partial charge in [-0.1, -0.05) is 35.5 Å². The lowest BCUT2D eigenvalue weighted by Crippen LogP contribution is -2.45. The van der Waals surface area contributed by atoms with Gasteiger partial charge in [0.15, 0.2) is 11.0 Å². The maximum atomic E-state index is 12.9. The van der Waals surface area contributed by atoms with Crippen molar-refractivity contribution in [1.82, 2.24) is 19.7 Å². The molecule has 0 N–H and O–H groups in total. The second-order valence-corrected chi connectivity index (χ2v) is 8.50. The van der Waals surface area contributed by atoms with Crippen LogP contribution in [-0.2, 0) is 11.3 Å². The minimum absolute atomic E-state index is 0.120. The highest BCUT2D eigenvalue weighted by Gasteiger charge is 2.27. The Hall–Kier alpha value is -1.53. The molecule has 2 rings (SSSR count). The number of carbonyl (C=O) groups excluding carboxylic acids is 1. The Labute approximate surface area is 165 Å². The van der Waals surface area contributed by atoms with E-state index in [1.165, 1.54) is 11.8 Å². The van der Waals surface area contributed by atoms with E-state index in [4.69, 9.17) is 11.6 Å². The molecule has 0 unspecified atom stereocenters. The molecule has 0 radical (unpaired) electrons. The standard InChI is InChI=1S/C19H27ClN4OS/c1-7-23-17(15-9-8-10-16(20)11-15)21-22-19(23)26-14(6)18(25)24(12(2)3)13(4)5/h8-14H,7H2,1-6H3/t14-/m0/s1. The third-order valence-corrected chi connectivity index (χ3v) is 5.42. The molecule has 0 saturated carbocycles. The highest BCUT2D eigenvalue weighted by atomic mass is 35.5. The Morgan fingerprint density at radius 3 is 2.38 bits per heavy atom. The Bertz CT molecular complexity index is 752. The summed E-state index contributed by atoms with van der Waals surface area (Å²) in [7, 11) is 0. The van der Waals surface area contributed by atoms with Gasteiger partial charge in [-0.15, -0.1) is 10.2 Å². The van der Waals surface area contributed by atoms with E-state index >= 15 is 0 Å². The molecule has 0 aliphatic rings. The van der Waals surface area contributed by atoms with Gasteiger partial charge in [0.2, 0.25) is 5.91 Å². The molecule has 1 aromatic carbocycles. The monoisotopic (exact) mass is 394 g/mol. The lowest BCUT2D eigenvalue weighted by Gasteiger charge is -2.32. The van der Waals surface area contributed by atoms with Gasteiger partial charge < -0.3 is 9.47 Å². The summed E-state index contributed by atoms with van der Waals surface area (Å²) < 4.78 is 2.02. The van der Waals surface area contributed by atoms with Crippen molar-refractivity contribution in [2.24, 2.45) is 0 Å². The molecular formula is C19H27ClN4OS. The number of hydrogen-bond donors (Lipinski definition) is 0. The van der Waals surface area contributed by atoms with Crippen LogP contribution in [0.2, 0.25) is 5.02 Å². The van der Waals surface area contributed by atoms with Crippen molar-refractivity contribution in [2.45, 2.75) is 70.6 Å². The molecule has 0 saturated heterocycles. The van der Waals surface area contributed by atoms with E-state index in [-0.39, 0.29) is 23.2 Å². The minimum Gasteiger partial charge on any atom is -0.337 e. The molecule has 2 aromatic rings. The number of halogens is 1. The summed E-state index contributed by atoms with van der Waals surface area (Å²) in [5.41, 5.74) is 0.920. The predicted molar refractivity (Wildman–Crippen MR) is 109 cm³/mol. The van der Waals surface area contributed by atoms with Crippen molar-refractivity contribution < 1.29 is 4.79 Å². The van der Waals surface area contributed by atoms with E-state index < -0.39 is 0 Å². The van der Waals surface area contributed by atoms with Gasteiger partial charge in [-0.25, -0.2) is 0 Å². The second kappa shape index (κ2) is 8.91. The summed E-state index contributed by atoms with van der Waals surface area (Å²) in [6.07, 6.45) is 0. The molecule has 0 bridgehead atoms. The van der Waals surface area contributed by atoms with Gasteiger partial charge >= 0.3 is 0 Å². The van der Waals surface area contributed by atoms with Crippen LogP contribution in [-0.4, -0.2) is 42.9 Å². The summed E-state index contributed by atoms with van der Waals surface area (Å²) >= 11 is 7.56. The maximum absolute atomic E-state index is 12.9. The third-order valence-electron chi connectivity index (χ3n) is 4.11. The minimum atomic E-state index is -0.235. The smallest absolute Gasteiger partial charge is 0.236 e. The third kappa shape index (κ3) is 4.60. The average Bonchev–Trinajstić information content (AvgIpc) is 2.96. The second-order valence-electron chi connectivity index (χ2n) is 6.75. The number of thioether (sulfide) groups is 1. The molecule has 142 valence electrons. The van der Waals surface area contributed by atoms with Crippen LogP contribution in [0.5, 0.6) is 0 Å². The molecule has 0 aliphatic heterocycles. The van der Waals surface area contributed by atoms with E-state index in [1.54, 1.807) is 0 Å². The van der Waals surface area contributed by atoms with Crippen molar-refractivity contribution in [3.8, 4) is 11.4 Å². The van der Waals surface area contributed by atoms with Crippen molar-refractivity contribution in [3.05, 3.63) is 29.3 Å². The van der Waals surface area contributed by atoms with E-state index in [9.17, 15) is 4.79 Å². The van der Waals surface area contributed by atoms with Crippen molar-refractivity contribution in [1.29, 1.82) is 0 Å². The number of nitrogens with zero attached hydrogens (tertiary/aromatic N) is 4. The highest BCUT2D eigenvalue weighted by molar-refractivity contribution is 8.00. The number of benzene rings is 1. The zero-order valence-corrected chi connectivity index (χ0v) is 17.8. The van der Waals surface area contributed by atoms with E-state index in [1.807, 2.05) is 75.3 Å². The fourth-order valence-corrected chi connectivity index (χ4v) is 4.19. The molecule has 1 amide bonds. The van der Waals surface area contributed by atoms with Crippen LogP contribution < -0.4 is 0 Å². The van der Waals surface area contributed by atoms with Gasteiger partial charge in [0, 0.05) is 29.2 Å². The normalized spacial score (nSPS) is 12.7. The van der Waals surface area contributed by atoms with Crippen LogP contribution in [0.4, 0.5) is 0 Å². The lowest BCUT2D eigenvalue weighted by atomic mass is 10.2. The SMILES string of the molecule is CCn1c(S[C@@H](C)C(=O)N(C(C)C)C(C)C)nnc1-c1cccc(Cl)c1. The van der Waals surface area contributed by atoms with Gasteiger partial charge in [-0.2, -0.15) is 0 Å². The Morgan fingerprint density at radius 1 is 1.19 bits per heavy atom. The Balaban J connectivity index is 2.26. The number of carbonyl (C=O) groups is 1. The van der Waals surface area contributed by atoms with Crippen LogP contribution in [0.1, 0.15) is 41.5 Å². The van der Waals surface area contributed by atoms with E-state index in [0.29, 0.717) is 5.02 Å². The van der Waals surface area contributed by atoms with Crippen molar-refractivity contribution >= 4 is 29.3 Å². The van der Waals surface area contributed by atoms with Crippen molar-refractivity contribution in [2.75, 3.05) is 0 Å². The molecule has 0 spiro atoms. The fourth-order valence-electron chi connectivity index (χ4n) is 3.03. The number of hydrogen-bond acceptors (Lipinski definition) is 4. The van der Waals surface area contributed by atoms with Gasteiger partial charge in [0.05, 0.1) is 5.25 Å². The molecule has 0 aliphatic carbocycles. The first-order valence-electron chi connectivity index (χ1n) is 8.94. The van der Waals surface area contributed by atoms with Crippen LogP contribution in [0.3, 0.4) is 0 Å². The quantitative estimate of drug-likeness (QED) is 0.636. The van der Waals surface area contributed by atoms with Gasteiger partial charge in [0.25, 0.3) is 0 Å². The zero-order chi connectivity index (χ0) is 19.4. The average molecular weight is 395 g/mol. The summed E-state index contributed by atoms with van der Waals surface area (Å²) in [4.78, 5) is 14.8. The molecule has 0 fully saturated rings. The molecular weight excluding hydrogens is 368 g/mol. The fraction of sp³-hybridized carbons (Fsp3) is 0.526. The number of aromatic nitrogens is 3. The molecule has 5 nitrogen and oxygen atoms in total.